The van der Waals surface area contributed by atoms with Crippen molar-refractivity contribution in [2.45, 2.75) is 128 Å². The fourth-order valence-corrected chi connectivity index (χ4v) is 10.2. The summed E-state index contributed by atoms with van der Waals surface area (Å²) < 4.78 is 0. The van der Waals surface area contributed by atoms with Gasteiger partial charge in [0.1, 0.15) is 6.04 Å². The van der Waals surface area contributed by atoms with Gasteiger partial charge in [-0.1, -0.05) is 26.7 Å². The third-order valence-electron chi connectivity index (χ3n) is 12.7. The van der Waals surface area contributed by atoms with E-state index in [9.17, 15) is 24.9 Å². The largest absolute Gasteiger partial charge is 0.393 e. The Morgan fingerprint density at radius 2 is 1.64 bits per heavy atom. The molecule has 12 atom stereocenters. The first-order valence-electron chi connectivity index (χ1n) is 16.3. The normalized spacial score (nSPS) is 42.7. The molecule has 0 aromatic rings. The maximum absolute atomic E-state index is 13.1. The standard InChI is InChI=1S/C33H52N4O5/c1-6-17-34-30(42)25(13-16-33(5)36-37-33)35-26(39)10-7-19(2)21-8-9-22-27-23(12-15-31(21,22)3)32(4)14-11-20(38)18-24(32)28(40)29(27)41/h1,19-25,27-29,38,40-41H,7-18H2,2-5H3,(H,34,42)(H,35,39)/t19-,20-,21-,22+,23?,24+,25?,27+,28?,29?,31-,32-/m1/s1. The van der Waals surface area contributed by atoms with Crippen LogP contribution in [0, 0.1) is 58.7 Å². The van der Waals surface area contributed by atoms with E-state index in [2.05, 4.69) is 47.6 Å². The highest BCUT2D eigenvalue weighted by Crippen LogP contribution is 2.68. The van der Waals surface area contributed by atoms with Gasteiger partial charge in [0, 0.05) is 6.42 Å². The SMILES string of the molecule is C#CCNC(=O)C(CCC1(C)N=N1)NC(=O)CC[C@@H](C)[C@H]1CC[C@H]2[C@@H]3C(O)C(O)[C@@H]4C[C@H](O)CC[C@]4(C)C3CC[C@]12C. The number of aliphatic hydroxyl groups is 3. The van der Waals surface area contributed by atoms with E-state index < -0.39 is 23.9 Å². The van der Waals surface area contributed by atoms with E-state index >= 15 is 0 Å². The Morgan fingerprint density at radius 1 is 0.952 bits per heavy atom. The van der Waals surface area contributed by atoms with Crippen LogP contribution in [0.3, 0.4) is 0 Å². The topological polar surface area (TPSA) is 144 Å². The molecule has 1 aliphatic heterocycles. The van der Waals surface area contributed by atoms with Gasteiger partial charge in [0.25, 0.3) is 0 Å². The number of hydrogen-bond donors (Lipinski definition) is 5. The van der Waals surface area contributed by atoms with Gasteiger partial charge >= 0.3 is 0 Å². The third-order valence-corrected chi connectivity index (χ3v) is 12.7. The number of hydrogen-bond acceptors (Lipinski definition) is 7. The van der Waals surface area contributed by atoms with Crippen LogP contribution in [0.2, 0.25) is 0 Å². The van der Waals surface area contributed by atoms with E-state index in [1.165, 1.54) is 0 Å². The zero-order chi connectivity index (χ0) is 30.4. The lowest BCUT2D eigenvalue weighted by atomic mass is 9.43. The Hall–Kier alpha value is -2.02. The number of fused-ring (bicyclic) bond motifs is 5. The van der Waals surface area contributed by atoms with Crippen LogP contribution in [0.4, 0.5) is 0 Å². The molecule has 5 aliphatic rings. The summed E-state index contributed by atoms with van der Waals surface area (Å²) in [5.41, 5.74) is -0.441. The molecule has 5 rings (SSSR count). The van der Waals surface area contributed by atoms with E-state index in [0.717, 1.165) is 44.9 Å². The van der Waals surface area contributed by atoms with Crippen LogP contribution in [0.25, 0.3) is 0 Å². The van der Waals surface area contributed by atoms with Crippen molar-refractivity contribution < 1.29 is 24.9 Å². The Bertz CT molecular complexity index is 1100. The van der Waals surface area contributed by atoms with Gasteiger partial charge in [0.05, 0.1) is 24.9 Å². The predicted molar refractivity (Wildman–Crippen MR) is 159 cm³/mol. The summed E-state index contributed by atoms with van der Waals surface area (Å²) in [6, 6.07) is -0.669. The van der Waals surface area contributed by atoms with Crippen LogP contribution >= 0.6 is 0 Å². The van der Waals surface area contributed by atoms with Gasteiger partial charge in [-0.05, 0) is 117 Å². The number of amides is 2. The van der Waals surface area contributed by atoms with Gasteiger partial charge in [0.2, 0.25) is 11.8 Å². The van der Waals surface area contributed by atoms with Crippen molar-refractivity contribution in [1.82, 2.24) is 10.6 Å². The quantitative estimate of drug-likeness (QED) is 0.250. The lowest BCUT2D eigenvalue weighted by Crippen LogP contribution is -2.64. The highest BCUT2D eigenvalue weighted by molar-refractivity contribution is 5.87. The van der Waals surface area contributed by atoms with Crippen LogP contribution in [-0.4, -0.2) is 63.7 Å². The van der Waals surface area contributed by atoms with Gasteiger partial charge < -0.3 is 26.0 Å². The monoisotopic (exact) mass is 584 g/mol. The number of carbonyl (C=O) groups is 2. The van der Waals surface area contributed by atoms with Gasteiger partial charge in [-0.2, -0.15) is 10.2 Å². The number of aliphatic hydroxyl groups excluding tert-OH is 3. The molecule has 0 aromatic heterocycles. The fourth-order valence-electron chi connectivity index (χ4n) is 10.2. The average molecular weight is 585 g/mol. The summed E-state index contributed by atoms with van der Waals surface area (Å²) >= 11 is 0. The Labute approximate surface area is 251 Å². The van der Waals surface area contributed by atoms with Crippen LogP contribution < -0.4 is 10.6 Å². The van der Waals surface area contributed by atoms with E-state index in [4.69, 9.17) is 6.42 Å². The van der Waals surface area contributed by atoms with Gasteiger partial charge in [-0.25, -0.2) is 0 Å². The molecule has 4 fully saturated rings. The highest BCUT2D eigenvalue weighted by atomic mass is 16.3. The molecule has 4 saturated carbocycles. The predicted octanol–water partition coefficient (Wildman–Crippen LogP) is 3.56. The molecular formula is C33H52N4O5. The summed E-state index contributed by atoms with van der Waals surface area (Å²) in [6.07, 6.45) is 12.0. The second-order valence-corrected chi connectivity index (χ2v) is 15.1. The van der Waals surface area contributed by atoms with Crippen molar-refractivity contribution in [2.75, 3.05) is 6.54 Å². The molecule has 1 heterocycles. The summed E-state index contributed by atoms with van der Waals surface area (Å²) in [5, 5.41) is 46.8. The van der Waals surface area contributed by atoms with Gasteiger partial charge in [-0.3, -0.25) is 9.59 Å². The molecule has 5 N–H and O–H groups in total. The second kappa shape index (κ2) is 11.8. The Kier molecular flexibility index (Phi) is 8.84. The number of nitrogens with one attached hydrogen (secondary N) is 2. The summed E-state index contributed by atoms with van der Waals surface area (Å²) in [6.45, 7) is 8.96. The molecule has 42 heavy (non-hydrogen) atoms. The van der Waals surface area contributed by atoms with Crippen LogP contribution in [0.5, 0.6) is 0 Å². The average Bonchev–Trinajstić information content (AvgIpc) is 3.59. The van der Waals surface area contributed by atoms with E-state index in [0.29, 0.717) is 49.4 Å². The lowest BCUT2D eigenvalue weighted by molar-refractivity contribution is -0.223. The zero-order valence-electron chi connectivity index (χ0n) is 25.9. The summed E-state index contributed by atoms with van der Waals surface area (Å²) in [4.78, 5) is 25.7. The third kappa shape index (κ3) is 5.76. The van der Waals surface area contributed by atoms with Crippen molar-refractivity contribution in [3.05, 3.63) is 0 Å². The van der Waals surface area contributed by atoms with E-state index in [1.54, 1.807) is 0 Å². The van der Waals surface area contributed by atoms with Gasteiger partial charge in [-0.15, -0.1) is 6.42 Å². The van der Waals surface area contributed by atoms with Crippen molar-refractivity contribution in [3.8, 4) is 12.3 Å². The molecule has 234 valence electrons. The Balaban J connectivity index is 1.20. The Morgan fingerprint density at radius 3 is 2.33 bits per heavy atom. The van der Waals surface area contributed by atoms with Crippen molar-refractivity contribution in [3.63, 3.8) is 0 Å². The molecule has 0 bridgehead atoms. The van der Waals surface area contributed by atoms with Gasteiger partial charge in [0.15, 0.2) is 5.66 Å². The molecule has 2 amide bonds. The fraction of sp³-hybridized carbons (Fsp3) is 0.879. The molecule has 9 nitrogen and oxygen atoms in total. The second-order valence-electron chi connectivity index (χ2n) is 15.1. The molecule has 4 aliphatic carbocycles. The minimum Gasteiger partial charge on any atom is -0.393 e. The number of nitrogens with zero attached hydrogens (tertiary/aromatic N) is 2. The molecule has 9 heteroatoms. The van der Waals surface area contributed by atoms with Crippen LogP contribution in [0.15, 0.2) is 10.2 Å². The van der Waals surface area contributed by atoms with E-state index in [-0.39, 0.29) is 47.1 Å². The first-order valence-corrected chi connectivity index (χ1v) is 16.3. The first-order chi connectivity index (χ1) is 19.8. The molecule has 4 unspecified atom stereocenters. The zero-order valence-corrected chi connectivity index (χ0v) is 25.9. The molecule has 0 radical (unpaired) electrons. The lowest BCUT2D eigenvalue weighted by Gasteiger charge is -2.63. The maximum Gasteiger partial charge on any atom is 0.243 e. The van der Waals surface area contributed by atoms with Crippen LogP contribution in [0.1, 0.15) is 98.3 Å². The number of rotatable bonds is 10. The minimum absolute atomic E-state index is 0.0478. The molecule has 0 saturated heterocycles. The van der Waals surface area contributed by atoms with Crippen molar-refractivity contribution >= 4 is 11.8 Å². The molecule has 0 aromatic carbocycles. The minimum atomic E-state index is -0.788. The van der Waals surface area contributed by atoms with Crippen molar-refractivity contribution in [2.24, 2.45) is 56.6 Å². The first kappa shape index (κ1) is 31.4. The van der Waals surface area contributed by atoms with Crippen LogP contribution in [-0.2, 0) is 9.59 Å². The maximum atomic E-state index is 13.1. The number of carbonyl (C=O) groups excluding carboxylic acids is 2. The van der Waals surface area contributed by atoms with E-state index in [1.807, 2.05) is 6.92 Å². The van der Waals surface area contributed by atoms with Crippen molar-refractivity contribution in [1.29, 1.82) is 0 Å². The molecular weight excluding hydrogens is 532 g/mol. The summed E-state index contributed by atoms with van der Waals surface area (Å²) in [7, 11) is 0. The highest BCUT2D eigenvalue weighted by Gasteiger charge is 2.65. The number of terminal acetylenes is 1. The molecule has 0 spiro atoms. The smallest absolute Gasteiger partial charge is 0.243 e. The summed E-state index contributed by atoms with van der Waals surface area (Å²) in [5.74, 6) is 3.48.